The molecule has 0 aliphatic heterocycles. The van der Waals surface area contributed by atoms with E-state index in [1.807, 2.05) is 0 Å². The molecule has 1 rings (SSSR count). The summed E-state index contributed by atoms with van der Waals surface area (Å²) in [7, 11) is 0. The van der Waals surface area contributed by atoms with Gasteiger partial charge in [0.25, 0.3) is 0 Å². The lowest BCUT2D eigenvalue weighted by Crippen LogP contribution is -1.93. The van der Waals surface area contributed by atoms with E-state index in [1.54, 1.807) is 0 Å². The second-order valence-corrected chi connectivity index (χ2v) is 2.22. The fourth-order valence-electron chi connectivity index (χ4n) is 0.785. The maximum absolute atomic E-state index is 9.36. The van der Waals surface area contributed by atoms with Crippen LogP contribution in [0.25, 0.3) is 0 Å². The van der Waals surface area contributed by atoms with E-state index in [2.05, 4.69) is 0 Å². The van der Waals surface area contributed by atoms with Gasteiger partial charge in [0.15, 0.2) is 0 Å². The molecule has 0 aliphatic rings. The van der Waals surface area contributed by atoms with Crippen molar-refractivity contribution >= 4 is 5.69 Å². The molecule has 1 atom stereocenters. The van der Waals surface area contributed by atoms with E-state index < -0.39 is 13.0 Å². The van der Waals surface area contributed by atoms with Crippen molar-refractivity contribution in [3.63, 3.8) is 0 Å². The van der Waals surface area contributed by atoms with Crippen LogP contribution in [0.1, 0.15) is 21.3 Å². The minimum Gasteiger partial charge on any atom is -0.508 e. The van der Waals surface area contributed by atoms with Gasteiger partial charge in [-0.2, -0.15) is 0 Å². The Balaban J connectivity index is 3.20. The highest BCUT2D eigenvalue weighted by Gasteiger charge is 2.06. The molecular weight excluding hydrogens is 142 g/mol. The Morgan fingerprint density at radius 3 is 3.09 bits per heavy atom. The Hall–Kier alpha value is -1.22. The van der Waals surface area contributed by atoms with Gasteiger partial charge in [-0.05, 0) is 25.1 Å². The number of hydrogen-bond donors (Lipinski definition) is 3. The summed E-state index contributed by atoms with van der Waals surface area (Å²) < 4.78 is 14.2. The Kier molecular flexibility index (Phi) is 1.38. The zero-order valence-corrected chi connectivity index (χ0v) is 5.91. The van der Waals surface area contributed by atoms with E-state index in [9.17, 15) is 10.2 Å². The molecule has 0 radical (unpaired) electrons. The molecule has 0 bridgehead atoms. The summed E-state index contributed by atoms with van der Waals surface area (Å²) in [5, 5.41) is 18.6. The molecule has 0 spiro atoms. The second kappa shape index (κ2) is 2.80. The highest BCUT2D eigenvalue weighted by Crippen LogP contribution is 2.25. The monoisotopic (exact) mass is 155 g/mol. The van der Waals surface area contributed by atoms with Crippen LogP contribution in [0.4, 0.5) is 5.69 Å². The molecule has 0 aromatic heterocycles. The van der Waals surface area contributed by atoms with Crippen molar-refractivity contribution in [1.82, 2.24) is 0 Å². The molecule has 1 unspecified atom stereocenters. The first-order chi connectivity index (χ1) is 5.97. The third kappa shape index (κ3) is 1.62. The van der Waals surface area contributed by atoms with Gasteiger partial charge in [-0.3, -0.25) is 0 Å². The molecule has 1 aromatic carbocycles. The Morgan fingerprint density at radius 1 is 1.73 bits per heavy atom. The van der Waals surface area contributed by atoms with Gasteiger partial charge in [-0.15, -0.1) is 0 Å². The third-order valence-corrected chi connectivity index (χ3v) is 1.33. The van der Waals surface area contributed by atoms with Gasteiger partial charge in [0, 0.05) is 12.6 Å². The van der Waals surface area contributed by atoms with Crippen LogP contribution in [0.15, 0.2) is 18.2 Å². The molecule has 0 saturated carbocycles. The molecule has 0 fully saturated rings. The fraction of sp³-hybridized carbons (Fsp3) is 0.250. The van der Waals surface area contributed by atoms with Gasteiger partial charge < -0.3 is 15.9 Å². The van der Waals surface area contributed by atoms with Crippen LogP contribution in [0.5, 0.6) is 5.75 Å². The maximum Gasteiger partial charge on any atom is 0.121 e. The topological polar surface area (TPSA) is 66.5 Å². The van der Waals surface area contributed by atoms with Crippen LogP contribution < -0.4 is 5.73 Å². The number of benzene rings is 1. The second-order valence-electron chi connectivity index (χ2n) is 2.22. The number of phenols is 1. The number of aromatic hydroxyl groups is 1. The summed E-state index contributed by atoms with van der Waals surface area (Å²) in [6.45, 7) is -0.552. The van der Waals surface area contributed by atoms with E-state index in [4.69, 9.17) is 8.48 Å². The average Bonchev–Trinajstić information content (AvgIpc) is 2.09. The Morgan fingerprint density at radius 2 is 2.45 bits per heavy atom. The van der Waals surface area contributed by atoms with Gasteiger partial charge in [0.1, 0.15) is 5.75 Å². The van der Waals surface area contributed by atoms with Crippen LogP contribution in [-0.2, 0) is 0 Å². The normalized spacial score (nSPS) is 18.3. The highest BCUT2D eigenvalue weighted by molar-refractivity contribution is 5.47. The van der Waals surface area contributed by atoms with Crippen molar-refractivity contribution in [2.24, 2.45) is 0 Å². The van der Waals surface area contributed by atoms with E-state index in [1.165, 1.54) is 18.2 Å². The van der Waals surface area contributed by atoms with Crippen LogP contribution in [0.2, 0.25) is 0 Å². The largest absolute Gasteiger partial charge is 0.508 e. The maximum atomic E-state index is 9.36. The Labute approximate surface area is 67.9 Å². The highest BCUT2D eigenvalue weighted by atomic mass is 16.3. The molecule has 0 amide bonds. The predicted octanol–water partition coefficient (Wildman–Crippen LogP) is 1.03. The van der Waals surface area contributed by atoms with Crippen molar-refractivity contribution < 1.29 is 13.0 Å². The van der Waals surface area contributed by atoms with Crippen LogP contribution >= 0.6 is 0 Å². The van der Waals surface area contributed by atoms with E-state index >= 15 is 0 Å². The van der Waals surface area contributed by atoms with Gasteiger partial charge >= 0.3 is 0 Å². The third-order valence-electron chi connectivity index (χ3n) is 1.33. The first-order valence-corrected chi connectivity index (χ1v) is 3.08. The Bertz CT molecular complexity index is 315. The smallest absolute Gasteiger partial charge is 0.121 e. The van der Waals surface area contributed by atoms with Gasteiger partial charge in [-0.1, -0.05) is 0 Å². The molecule has 3 heteroatoms. The van der Waals surface area contributed by atoms with Crippen molar-refractivity contribution in [3.8, 4) is 5.75 Å². The van der Waals surface area contributed by atoms with Crippen LogP contribution in [0, 0.1) is 0 Å². The van der Waals surface area contributed by atoms with E-state index in [0.717, 1.165) is 0 Å². The van der Waals surface area contributed by atoms with Crippen LogP contribution in [0.3, 0.4) is 0 Å². The zero-order valence-electron chi connectivity index (χ0n) is 7.91. The summed E-state index contributed by atoms with van der Waals surface area (Å²) in [5.74, 6) is -0.223. The molecule has 0 aliphatic carbocycles. The number of anilines is 1. The summed E-state index contributed by atoms with van der Waals surface area (Å²) in [6, 6.07) is 4.04. The minimum atomic E-state index is -2.10. The number of aliphatic hydroxyl groups is 1. The first-order valence-electron chi connectivity index (χ1n) is 4.28. The lowest BCUT2D eigenvalue weighted by atomic mass is 10.1. The average molecular weight is 155 g/mol. The summed E-state index contributed by atoms with van der Waals surface area (Å²) in [4.78, 5) is 0. The molecule has 1 aromatic rings. The molecule has 0 heterocycles. The number of nitrogens with two attached hydrogens (primary N) is 1. The molecule has 11 heavy (non-hydrogen) atoms. The molecule has 3 nitrogen and oxygen atoms in total. The lowest BCUT2D eigenvalue weighted by Gasteiger charge is -2.07. The minimum absolute atomic E-state index is 0.0394. The summed E-state index contributed by atoms with van der Waals surface area (Å²) in [6.07, 6.45) is -2.10. The van der Waals surface area contributed by atoms with Gasteiger partial charge in [0.2, 0.25) is 0 Å². The molecule has 60 valence electrons. The summed E-state index contributed by atoms with van der Waals surface area (Å²) in [5.41, 5.74) is 5.71. The van der Waals surface area contributed by atoms with Gasteiger partial charge in [0.05, 0.1) is 7.45 Å². The fourth-order valence-corrected chi connectivity index (χ4v) is 0.785. The number of nitrogen functional groups attached to an aromatic ring is 1. The zero-order chi connectivity index (χ0) is 10.1. The number of hydrogen-bond acceptors (Lipinski definition) is 3. The molecule has 4 N–H and O–H groups in total. The van der Waals surface area contributed by atoms with Crippen molar-refractivity contribution in [2.75, 3.05) is 5.73 Å². The van der Waals surface area contributed by atoms with Crippen LogP contribution in [-0.4, -0.2) is 10.2 Å². The lowest BCUT2D eigenvalue weighted by molar-refractivity contribution is 0.195. The predicted molar refractivity (Wildman–Crippen MR) is 43.2 cm³/mol. The number of rotatable bonds is 1. The van der Waals surface area contributed by atoms with E-state index in [0.29, 0.717) is 5.69 Å². The number of phenolic OH excluding ortho intramolecular Hbond substituents is 1. The quantitative estimate of drug-likeness (QED) is 0.419. The van der Waals surface area contributed by atoms with E-state index in [-0.39, 0.29) is 11.3 Å². The standard InChI is InChI=1S/C8H11NO2/c1-5(10)7-4-6(9)2-3-8(7)11/h2-5,10-11H,9H2,1H3/i1D,5D. The van der Waals surface area contributed by atoms with Gasteiger partial charge in [-0.25, -0.2) is 0 Å². The van der Waals surface area contributed by atoms with Crippen molar-refractivity contribution in [1.29, 1.82) is 0 Å². The SMILES string of the molecule is [2H]CC([2H])(O)c1cc(N)ccc1O. The van der Waals surface area contributed by atoms with Crippen molar-refractivity contribution in [2.45, 2.75) is 13.0 Å². The molecule has 0 saturated heterocycles. The molecular formula is C8H11NO2. The first kappa shape index (κ1) is 5.43. The van der Waals surface area contributed by atoms with Crippen molar-refractivity contribution in [3.05, 3.63) is 23.8 Å². The summed E-state index contributed by atoms with van der Waals surface area (Å²) >= 11 is 0.